The predicted molar refractivity (Wildman–Crippen MR) is 97.8 cm³/mol. The molecule has 0 bridgehead atoms. The van der Waals surface area contributed by atoms with Gasteiger partial charge in [-0.05, 0) is 32.4 Å². The summed E-state index contributed by atoms with van der Waals surface area (Å²) in [7, 11) is 3.63. The maximum atomic E-state index is 5.41. The normalized spacial score (nSPS) is 17.8. The third-order valence-corrected chi connectivity index (χ3v) is 4.65. The number of hydrogen-bond acceptors (Lipinski definition) is 7. The van der Waals surface area contributed by atoms with E-state index >= 15 is 0 Å². The van der Waals surface area contributed by atoms with Crippen molar-refractivity contribution in [2.45, 2.75) is 26.4 Å². The van der Waals surface area contributed by atoms with Crippen LogP contribution in [0.15, 0.2) is 6.20 Å². The van der Waals surface area contributed by atoms with Gasteiger partial charge in [-0.25, -0.2) is 14.2 Å². The molecule has 4 rings (SSSR count). The lowest BCUT2D eigenvalue weighted by Crippen LogP contribution is -2.23. The van der Waals surface area contributed by atoms with Crippen molar-refractivity contribution in [1.82, 2.24) is 34.3 Å². The molecular weight excluding hydrogens is 332 g/mol. The number of rotatable bonds is 4. The molecule has 3 aromatic rings. The van der Waals surface area contributed by atoms with Gasteiger partial charge in [-0.2, -0.15) is 4.98 Å². The standard InChI is InChI=1S/C17H22N8O/c1-11-9-18-12(2)16-19-14(21-25(11)16)5-6-15-20-17(22-23(15)3)24-8-7-13(10-24)26-4/h5-6,9,13H,7-8,10H2,1-4H3. The van der Waals surface area contributed by atoms with Crippen LogP contribution in [0.4, 0.5) is 5.95 Å². The summed E-state index contributed by atoms with van der Waals surface area (Å²) in [6, 6.07) is 0. The molecule has 0 amide bonds. The van der Waals surface area contributed by atoms with Gasteiger partial charge in [0, 0.05) is 33.4 Å². The molecule has 1 unspecified atom stereocenters. The number of aryl methyl sites for hydroxylation is 3. The van der Waals surface area contributed by atoms with E-state index in [-0.39, 0.29) is 6.10 Å². The molecule has 3 aromatic heterocycles. The third-order valence-electron chi connectivity index (χ3n) is 4.65. The summed E-state index contributed by atoms with van der Waals surface area (Å²) in [5.41, 5.74) is 2.57. The summed E-state index contributed by atoms with van der Waals surface area (Å²) < 4.78 is 8.98. The summed E-state index contributed by atoms with van der Waals surface area (Å²) in [6.07, 6.45) is 6.77. The highest BCUT2D eigenvalue weighted by Crippen LogP contribution is 2.19. The second-order valence-corrected chi connectivity index (χ2v) is 6.51. The van der Waals surface area contributed by atoms with Crippen LogP contribution >= 0.6 is 0 Å². The van der Waals surface area contributed by atoms with Crippen LogP contribution in [-0.2, 0) is 11.8 Å². The first-order chi connectivity index (χ1) is 12.5. The van der Waals surface area contributed by atoms with Crippen LogP contribution in [0.25, 0.3) is 17.8 Å². The van der Waals surface area contributed by atoms with Crippen molar-refractivity contribution in [3.05, 3.63) is 29.2 Å². The zero-order valence-electron chi connectivity index (χ0n) is 15.4. The smallest absolute Gasteiger partial charge is 0.245 e. The summed E-state index contributed by atoms with van der Waals surface area (Å²) in [5.74, 6) is 2.10. The molecule has 136 valence electrons. The minimum Gasteiger partial charge on any atom is -0.380 e. The van der Waals surface area contributed by atoms with Crippen molar-refractivity contribution < 1.29 is 4.74 Å². The highest BCUT2D eigenvalue weighted by molar-refractivity contribution is 5.65. The van der Waals surface area contributed by atoms with Crippen LogP contribution in [0.2, 0.25) is 0 Å². The molecule has 0 saturated carbocycles. The fourth-order valence-electron chi connectivity index (χ4n) is 3.09. The maximum Gasteiger partial charge on any atom is 0.245 e. The fourth-order valence-corrected chi connectivity index (χ4v) is 3.09. The first-order valence-electron chi connectivity index (χ1n) is 8.61. The Morgan fingerprint density at radius 1 is 1.19 bits per heavy atom. The maximum absolute atomic E-state index is 5.41. The summed E-state index contributed by atoms with van der Waals surface area (Å²) in [6.45, 7) is 5.61. The minimum absolute atomic E-state index is 0.250. The van der Waals surface area contributed by atoms with E-state index in [2.05, 4.69) is 30.0 Å². The Morgan fingerprint density at radius 2 is 2.04 bits per heavy atom. The third kappa shape index (κ3) is 2.94. The average Bonchev–Trinajstić information content (AvgIpc) is 3.34. The van der Waals surface area contributed by atoms with Crippen LogP contribution in [-0.4, -0.2) is 60.6 Å². The highest BCUT2D eigenvalue weighted by atomic mass is 16.5. The second-order valence-electron chi connectivity index (χ2n) is 6.51. The zero-order chi connectivity index (χ0) is 18.3. The number of hydrogen-bond donors (Lipinski definition) is 0. The van der Waals surface area contributed by atoms with Gasteiger partial charge < -0.3 is 9.64 Å². The lowest BCUT2D eigenvalue weighted by atomic mass is 10.3. The average molecular weight is 354 g/mol. The van der Waals surface area contributed by atoms with Gasteiger partial charge in [-0.15, -0.1) is 10.2 Å². The van der Waals surface area contributed by atoms with Crippen LogP contribution in [0.3, 0.4) is 0 Å². The van der Waals surface area contributed by atoms with E-state index < -0.39 is 0 Å². The van der Waals surface area contributed by atoms with E-state index in [9.17, 15) is 0 Å². The lowest BCUT2D eigenvalue weighted by molar-refractivity contribution is 0.121. The van der Waals surface area contributed by atoms with E-state index in [1.165, 1.54) is 0 Å². The fraction of sp³-hybridized carbons (Fsp3) is 0.471. The Hall–Kier alpha value is -2.81. The number of ether oxygens (including phenoxy) is 1. The first kappa shape index (κ1) is 16.6. The van der Waals surface area contributed by atoms with Crippen molar-refractivity contribution in [2.24, 2.45) is 7.05 Å². The van der Waals surface area contributed by atoms with Crippen LogP contribution in [0, 0.1) is 13.8 Å². The number of anilines is 1. The SMILES string of the molecule is COC1CCN(c2nc(C=Cc3nc4c(C)ncc(C)n4n3)n(C)n2)C1. The summed E-state index contributed by atoms with van der Waals surface area (Å²) in [5, 5.41) is 9.03. The molecule has 26 heavy (non-hydrogen) atoms. The van der Waals surface area contributed by atoms with Crippen molar-refractivity contribution >= 4 is 23.7 Å². The molecule has 1 fully saturated rings. The van der Waals surface area contributed by atoms with Crippen molar-refractivity contribution in [3.8, 4) is 0 Å². The molecule has 9 nitrogen and oxygen atoms in total. The molecule has 1 aliphatic heterocycles. The van der Waals surface area contributed by atoms with Gasteiger partial charge in [0.1, 0.15) is 0 Å². The number of aromatic nitrogens is 7. The minimum atomic E-state index is 0.250. The Balaban J connectivity index is 1.58. The molecule has 1 aliphatic rings. The molecule has 0 radical (unpaired) electrons. The summed E-state index contributed by atoms with van der Waals surface area (Å²) in [4.78, 5) is 15.6. The van der Waals surface area contributed by atoms with Crippen molar-refractivity contribution in [2.75, 3.05) is 25.1 Å². The number of fused-ring (bicyclic) bond motifs is 1. The van der Waals surface area contributed by atoms with Gasteiger partial charge in [-0.1, -0.05) is 0 Å². The topological polar surface area (TPSA) is 86.3 Å². The summed E-state index contributed by atoms with van der Waals surface area (Å²) >= 11 is 0. The molecule has 1 saturated heterocycles. The van der Waals surface area contributed by atoms with Crippen LogP contribution in [0.5, 0.6) is 0 Å². The lowest BCUT2D eigenvalue weighted by Gasteiger charge is -2.12. The van der Waals surface area contributed by atoms with Crippen molar-refractivity contribution in [1.29, 1.82) is 0 Å². The van der Waals surface area contributed by atoms with Gasteiger partial charge in [0.2, 0.25) is 5.95 Å². The molecular formula is C17H22N8O. The van der Waals surface area contributed by atoms with Gasteiger partial charge >= 0.3 is 0 Å². The quantitative estimate of drug-likeness (QED) is 0.697. The Bertz CT molecular complexity index is 934. The number of nitrogens with zero attached hydrogens (tertiary/aromatic N) is 8. The van der Waals surface area contributed by atoms with E-state index in [4.69, 9.17) is 4.74 Å². The van der Waals surface area contributed by atoms with Crippen LogP contribution < -0.4 is 4.90 Å². The highest BCUT2D eigenvalue weighted by Gasteiger charge is 2.25. The van der Waals surface area contributed by atoms with E-state index in [1.807, 2.05) is 33.0 Å². The Morgan fingerprint density at radius 3 is 2.77 bits per heavy atom. The molecule has 0 spiro atoms. The van der Waals surface area contributed by atoms with E-state index in [0.717, 1.165) is 48.3 Å². The molecule has 9 heteroatoms. The zero-order valence-corrected chi connectivity index (χ0v) is 15.4. The van der Waals surface area contributed by atoms with Crippen molar-refractivity contribution in [3.63, 3.8) is 0 Å². The van der Waals surface area contributed by atoms with E-state index in [0.29, 0.717) is 5.82 Å². The first-order valence-corrected chi connectivity index (χ1v) is 8.61. The van der Waals surface area contributed by atoms with Gasteiger partial charge in [0.25, 0.3) is 0 Å². The second kappa shape index (κ2) is 6.49. The molecule has 0 N–H and O–H groups in total. The van der Waals surface area contributed by atoms with Crippen LogP contribution in [0.1, 0.15) is 29.5 Å². The molecule has 4 heterocycles. The van der Waals surface area contributed by atoms with Gasteiger partial charge in [0.15, 0.2) is 17.3 Å². The predicted octanol–water partition coefficient (Wildman–Crippen LogP) is 1.27. The number of methoxy groups -OCH3 is 1. The largest absolute Gasteiger partial charge is 0.380 e. The van der Waals surface area contributed by atoms with Gasteiger partial charge in [0.05, 0.1) is 17.5 Å². The molecule has 1 atom stereocenters. The van der Waals surface area contributed by atoms with E-state index in [1.54, 1.807) is 22.5 Å². The Labute approximate surface area is 151 Å². The Kier molecular flexibility index (Phi) is 4.15. The van der Waals surface area contributed by atoms with Gasteiger partial charge in [-0.3, -0.25) is 4.98 Å². The monoisotopic (exact) mass is 354 g/mol. The molecule has 0 aliphatic carbocycles. The molecule has 0 aromatic carbocycles.